The molecule has 0 bridgehead atoms. The molecule has 202 valence electrons. The number of pyridine rings is 1. The van der Waals surface area contributed by atoms with Crippen LogP contribution < -0.4 is 14.5 Å². The Labute approximate surface area is 222 Å². The van der Waals surface area contributed by atoms with E-state index in [1.807, 2.05) is 45.7 Å². The van der Waals surface area contributed by atoms with Crippen molar-refractivity contribution in [2.24, 2.45) is 0 Å². The Hall–Kier alpha value is -3.26. The standard InChI is InChI=1S/C30H34F3N3O2/c1-18(2)36-17-30(3,4)38-29-25(32)12-20(13-28(29)36)23-14-21(34-15-26(23)33)10-19-6-7-27(24(31)11-19)35(5)22-8-9-37-16-22/h6-7,11-15,18,22H,8-10,16-17H2,1-5H3. The second kappa shape index (κ2) is 10.1. The van der Waals surface area contributed by atoms with Crippen LogP contribution in [0.5, 0.6) is 5.75 Å². The Morgan fingerprint density at radius 1 is 1.08 bits per heavy atom. The number of hydrogen-bond acceptors (Lipinski definition) is 5. The molecule has 1 fully saturated rings. The monoisotopic (exact) mass is 525 g/mol. The van der Waals surface area contributed by atoms with Crippen molar-refractivity contribution < 1.29 is 22.6 Å². The Kier molecular flexibility index (Phi) is 7.03. The van der Waals surface area contributed by atoms with E-state index in [1.165, 1.54) is 12.1 Å². The Balaban J connectivity index is 1.44. The van der Waals surface area contributed by atoms with Gasteiger partial charge in [-0.15, -0.1) is 0 Å². The third-order valence-corrected chi connectivity index (χ3v) is 7.34. The maximum Gasteiger partial charge on any atom is 0.179 e. The lowest BCUT2D eigenvalue weighted by Crippen LogP contribution is -2.49. The fourth-order valence-electron chi connectivity index (χ4n) is 5.29. The molecule has 8 heteroatoms. The van der Waals surface area contributed by atoms with Gasteiger partial charge in [-0.3, -0.25) is 4.98 Å². The van der Waals surface area contributed by atoms with Crippen LogP contribution in [0.25, 0.3) is 11.1 Å². The number of aromatic nitrogens is 1. The second-order valence-electron chi connectivity index (χ2n) is 11.1. The molecule has 1 saturated heterocycles. The van der Waals surface area contributed by atoms with Gasteiger partial charge in [0, 0.05) is 37.4 Å². The highest BCUT2D eigenvalue weighted by Crippen LogP contribution is 2.43. The van der Waals surface area contributed by atoms with E-state index in [0.29, 0.717) is 54.4 Å². The summed E-state index contributed by atoms with van der Waals surface area (Å²) in [5.41, 5.74) is 2.47. The number of anilines is 2. The first-order chi connectivity index (χ1) is 18.0. The van der Waals surface area contributed by atoms with Crippen LogP contribution in [0, 0.1) is 17.5 Å². The maximum atomic E-state index is 15.3. The van der Waals surface area contributed by atoms with Gasteiger partial charge < -0.3 is 19.3 Å². The molecule has 0 saturated carbocycles. The molecular formula is C30H34F3N3O2. The molecule has 0 radical (unpaired) electrons. The van der Waals surface area contributed by atoms with E-state index in [2.05, 4.69) is 9.88 Å². The number of hydrogen-bond donors (Lipinski definition) is 0. The van der Waals surface area contributed by atoms with Crippen molar-refractivity contribution in [3.05, 3.63) is 71.3 Å². The van der Waals surface area contributed by atoms with E-state index in [1.54, 1.807) is 18.2 Å². The molecule has 2 aromatic carbocycles. The van der Waals surface area contributed by atoms with Crippen LogP contribution >= 0.6 is 0 Å². The smallest absolute Gasteiger partial charge is 0.179 e. The van der Waals surface area contributed by atoms with Crippen LogP contribution in [0.15, 0.2) is 42.6 Å². The summed E-state index contributed by atoms with van der Waals surface area (Å²) in [6.07, 6.45) is 2.31. The fourth-order valence-corrected chi connectivity index (χ4v) is 5.29. The zero-order chi connectivity index (χ0) is 27.2. The molecular weight excluding hydrogens is 491 g/mol. The van der Waals surface area contributed by atoms with Crippen molar-refractivity contribution in [2.45, 2.75) is 58.2 Å². The summed E-state index contributed by atoms with van der Waals surface area (Å²) in [6, 6.07) is 10.0. The van der Waals surface area contributed by atoms with Crippen LogP contribution in [0.4, 0.5) is 24.5 Å². The number of halogens is 3. The number of ether oxygens (including phenoxy) is 2. The lowest BCUT2D eigenvalue weighted by molar-refractivity contribution is 0.0967. The van der Waals surface area contributed by atoms with Crippen molar-refractivity contribution in [1.29, 1.82) is 0 Å². The summed E-state index contributed by atoms with van der Waals surface area (Å²) < 4.78 is 56.7. The largest absolute Gasteiger partial charge is 0.481 e. The SMILES string of the molecule is CC(C)N1CC(C)(C)Oc2c(F)cc(-c3cc(Cc4ccc(N(C)C5CCOC5)c(F)c4)ncc3F)cc21. The number of benzene rings is 2. The molecule has 3 aromatic rings. The molecule has 2 aliphatic heterocycles. The normalized spacial score (nSPS) is 18.4. The first-order valence-corrected chi connectivity index (χ1v) is 13.1. The molecule has 2 aliphatic rings. The third kappa shape index (κ3) is 5.19. The molecule has 0 aliphatic carbocycles. The topological polar surface area (TPSA) is 37.8 Å². The molecule has 38 heavy (non-hydrogen) atoms. The maximum absolute atomic E-state index is 15.3. The van der Waals surface area contributed by atoms with Gasteiger partial charge in [0.25, 0.3) is 0 Å². The number of likely N-dealkylation sites (N-methyl/N-ethyl adjacent to an activating group) is 1. The van der Waals surface area contributed by atoms with Gasteiger partial charge in [-0.1, -0.05) is 6.07 Å². The van der Waals surface area contributed by atoms with Crippen LogP contribution in [0.1, 0.15) is 45.4 Å². The van der Waals surface area contributed by atoms with E-state index in [0.717, 1.165) is 12.6 Å². The minimum Gasteiger partial charge on any atom is -0.481 e. The van der Waals surface area contributed by atoms with E-state index in [4.69, 9.17) is 9.47 Å². The highest BCUT2D eigenvalue weighted by atomic mass is 19.1. The molecule has 3 heterocycles. The highest BCUT2D eigenvalue weighted by molar-refractivity contribution is 5.74. The second-order valence-corrected chi connectivity index (χ2v) is 11.1. The average Bonchev–Trinajstić information content (AvgIpc) is 3.40. The summed E-state index contributed by atoms with van der Waals surface area (Å²) >= 11 is 0. The Bertz CT molecular complexity index is 1340. The molecule has 1 aromatic heterocycles. The molecule has 1 atom stereocenters. The molecule has 0 spiro atoms. The average molecular weight is 526 g/mol. The predicted molar refractivity (Wildman–Crippen MR) is 144 cm³/mol. The van der Waals surface area contributed by atoms with Gasteiger partial charge in [-0.05, 0) is 75.6 Å². The fraction of sp³-hybridized carbons (Fsp3) is 0.433. The molecule has 5 nitrogen and oxygen atoms in total. The Morgan fingerprint density at radius 3 is 2.55 bits per heavy atom. The van der Waals surface area contributed by atoms with E-state index in [-0.39, 0.29) is 29.2 Å². The molecule has 0 N–H and O–H groups in total. The summed E-state index contributed by atoms with van der Waals surface area (Å²) in [5, 5.41) is 0. The van der Waals surface area contributed by atoms with Crippen molar-refractivity contribution in [3.63, 3.8) is 0 Å². The summed E-state index contributed by atoms with van der Waals surface area (Å²) in [5.74, 6) is -1.24. The summed E-state index contributed by atoms with van der Waals surface area (Å²) in [6.45, 7) is 9.75. The van der Waals surface area contributed by atoms with Crippen molar-refractivity contribution >= 4 is 11.4 Å². The number of nitrogens with zero attached hydrogens (tertiary/aromatic N) is 3. The van der Waals surface area contributed by atoms with Gasteiger partial charge >= 0.3 is 0 Å². The minimum absolute atomic E-state index is 0.0996. The van der Waals surface area contributed by atoms with Gasteiger partial charge in [0.15, 0.2) is 11.6 Å². The quantitative estimate of drug-likeness (QED) is 0.374. The van der Waals surface area contributed by atoms with Gasteiger partial charge in [-0.2, -0.15) is 0 Å². The Morgan fingerprint density at radius 2 is 1.87 bits per heavy atom. The lowest BCUT2D eigenvalue weighted by Gasteiger charge is -2.43. The van der Waals surface area contributed by atoms with E-state index in [9.17, 15) is 4.39 Å². The van der Waals surface area contributed by atoms with Crippen LogP contribution in [0.2, 0.25) is 0 Å². The number of fused-ring (bicyclic) bond motifs is 1. The third-order valence-electron chi connectivity index (χ3n) is 7.34. The highest BCUT2D eigenvalue weighted by Gasteiger charge is 2.35. The molecule has 5 rings (SSSR count). The van der Waals surface area contributed by atoms with Gasteiger partial charge in [0.05, 0.1) is 36.8 Å². The van der Waals surface area contributed by atoms with Crippen molar-refractivity contribution in [3.8, 4) is 16.9 Å². The van der Waals surface area contributed by atoms with Crippen LogP contribution in [-0.4, -0.2) is 49.5 Å². The first kappa shape index (κ1) is 26.4. The van der Waals surface area contributed by atoms with E-state index < -0.39 is 17.2 Å². The van der Waals surface area contributed by atoms with Gasteiger partial charge in [0.1, 0.15) is 17.2 Å². The minimum atomic E-state index is -0.556. The predicted octanol–water partition coefficient (Wildman–Crippen LogP) is 6.37. The zero-order valence-electron chi connectivity index (χ0n) is 22.5. The van der Waals surface area contributed by atoms with E-state index >= 15 is 8.78 Å². The van der Waals surface area contributed by atoms with Gasteiger partial charge in [0.2, 0.25) is 0 Å². The molecule has 0 amide bonds. The molecule has 1 unspecified atom stereocenters. The zero-order valence-corrected chi connectivity index (χ0v) is 22.5. The van der Waals surface area contributed by atoms with Crippen molar-refractivity contribution in [2.75, 3.05) is 36.6 Å². The lowest BCUT2D eigenvalue weighted by atomic mass is 9.98. The number of rotatable bonds is 6. The van der Waals surface area contributed by atoms with Gasteiger partial charge in [-0.25, -0.2) is 13.2 Å². The summed E-state index contributed by atoms with van der Waals surface area (Å²) in [4.78, 5) is 8.22. The van der Waals surface area contributed by atoms with Crippen LogP contribution in [0.3, 0.4) is 0 Å². The van der Waals surface area contributed by atoms with Crippen molar-refractivity contribution in [1.82, 2.24) is 4.98 Å². The first-order valence-electron chi connectivity index (χ1n) is 13.1. The summed E-state index contributed by atoms with van der Waals surface area (Å²) in [7, 11) is 1.87. The van der Waals surface area contributed by atoms with Crippen LogP contribution in [-0.2, 0) is 11.2 Å².